The highest BCUT2D eigenvalue weighted by molar-refractivity contribution is 6.02. The minimum absolute atomic E-state index is 0.0501. The van der Waals surface area contributed by atoms with Crippen molar-refractivity contribution in [2.75, 3.05) is 57.2 Å². The monoisotopic (exact) mass is 672 g/mol. The zero-order valence-corrected chi connectivity index (χ0v) is 26.0. The average Bonchev–Trinajstić information content (AvgIpc) is 3.56. The fourth-order valence-corrected chi connectivity index (χ4v) is 5.69. The van der Waals surface area contributed by atoms with E-state index in [2.05, 4.69) is 15.4 Å². The number of amides is 1. The highest BCUT2D eigenvalue weighted by atomic mass is 19.4. The zero-order chi connectivity index (χ0) is 34.5. The molecule has 15 heteroatoms. The number of nitrogens with one attached hydrogen (secondary N) is 1. The number of rotatable bonds is 11. The third-order valence-corrected chi connectivity index (χ3v) is 7.96. The highest BCUT2D eigenvalue weighted by Crippen LogP contribution is 2.39. The maximum absolute atomic E-state index is 14.8. The number of carbonyl (C=O) groups is 1. The number of carbonyl (C=O) groups excluding carboxylic acids is 1. The molecule has 254 valence electrons. The lowest BCUT2D eigenvalue weighted by Crippen LogP contribution is -2.52. The summed E-state index contributed by atoms with van der Waals surface area (Å²) in [5.74, 6) is -1.50. The van der Waals surface area contributed by atoms with E-state index in [0.29, 0.717) is 23.1 Å². The molecular weight excluding hydrogens is 639 g/mol. The van der Waals surface area contributed by atoms with Crippen molar-refractivity contribution >= 4 is 23.4 Å². The molecule has 1 fully saturated rings. The van der Waals surface area contributed by atoms with Crippen LogP contribution in [0, 0.1) is 11.6 Å². The number of methoxy groups -OCH3 is 2. The Hall–Kier alpha value is -5.02. The van der Waals surface area contributed by atoms with Crippen molar-refractivity contribution in [1.29, 1.82) is 0 Å². The fourth-order valence-electron chi connectivity index (χ4n) is 5.69. The van der Waals surface area contributed by atoms with Crippen LogP contribution in [0.3, 0.4) is 0 Å². The third-order valence-electron chi connectivity index (χ3n) is 7.96. The second kappa shape index (κ2) is 14.4. The molecule has 0 bridgehead atoms. The first-order valence-electron chi connectivity index (χ1n) is 14.8. The van der Waals surface area contributed by atoms with Gasteiger partial charge >= 0.3 is 6.18 Å². The molecule has 5 rings (SSSR count). The van der Waals surface area contributed by atoms with Crippen LogP contribution in [0.15, 0.2) is 73.3 Å². The lowest BCUT2D eigenvalue weighted by molar-refractivity contribution is -0.137. The number of ether oxygens (including phenoxy) is 2. The van der Waals surface area contributed by atoms with Gasteiger partial charge in [-0.1, -0.05) is 12.1 Å². The molecule has 0 saturated carbocycles. The van der Waals surface area contributed by atoms with Gasteiger partial charge in [0.05, 0.1) is 31.9 Å². The van der Waals surface area contributed by atoms with Crippen LogP contribution >= 0.6 is 0 Å². The molecule has 1 atom stereocenters. The van der Waals surface area contributed by atoms with Crippen LogP contribution in [-0.4, -0.2) is 77.6 Å². The maximum Gasteiger partial charge on any atom is 0.418 e. The molecule has 3 aromatic carbocycles. The minimum atomic E-state index is -4.73. The summed E-state index contributed by atoms with van der Waals surface area (Å²) in [5.41, 5.74) is -2.56. The molecule has 48 heavy (non-hydrogen) atoms. The smallest absolute Gasteiger partial charge is 0.418 e. The van der Waals surface area contributed by atoms with Gasteiger partial charge in [0.15, 0.2) is 0 Å². The molecule has 1 amide bonds. The first-order chi connectivity index (χ1) is 22.9. The number of alkyl halides is 3. The molecule has 1 unspecified atom stereocenters. The fraction of sp³-hybridized carbons (Fsp3) is 0.303. The molecule has 4 aromatic rings. The number of nitrogens with zero attached hydrogens (tertiary/aromatic N) is 5. The number of benzene rings is 3. The number of piperazine rings is 1. The van der Waals surface area contributed by atoms with E-state index in [1.54, 1.807) is 28.0 Å². The Morgan fingerprint density at radius 2 is 1.67 bits per heavy atom. The van der Waals surface area contributed by atoms with E-state index in [1.165, 1.54) is 61.9 Å². The van der Waals surface area contributed by atoms with Gasteiger partial charge in [0, 0.05) is 61.8 Å². The van der Waals surface area contributed by atoms with Crippen molar-refractivity contribution in [2.45, 2.75) is 18.3 Å². The van der Waals surface area contributed by atoms with Crippen molar-refractivity contribution in [2.24, 2.45) is 0 Å². The lowest BCUT2D eigenvalue weighted by atomic mass is 9.92. The third kappa shape index (κ3) is 7.91. The van der Waals surface area contributed by atoms with E-state index >= 15 is 0 Å². The van der Waals surface area contributed by atoms with E-state index < -0.39 is 34.9 Å². The molecule has 0 radical (unpaired) electrons. The lowest BCUT2D eigenvalue weighted by Gasteiger charge is -2.41. The summed E-state index contributed by atoms with van der Waals surface area (Å²) < 4.78 is 83.3. The van der Waals surface area contributed by atoms with Crippen molar-refractivity contribution in [3.05, 3.63) is 102 Å². The first kappa shape index (κ1) is 34.3. The molecule has 2 heterocycles. The molecule has 10 nitrogen and oxygen atoms in total. The van der Waals surface area contributed by atoms with Crippen LogP contribution in [0.1, 0.15) is 16.7 Å². The summed E-state index contributed by atoms with van der Waals surface area (Å²) in [6, 6.07) is 11.5. The minimum Gasteiger partial charge on any atom is -0.496 e. The van der Waals surface area contributed by atoms with Gasteiger partial charge in [-0.25, -0.2) is 18.4 Å². The van der Waals surface area contributed by atoms with Crippen molar-refractivity contribution in [3.8, 4) is 11.5 Å². The van der Waals surface area contributed by atoms with Crippen LogP contribution in [0.25, 0.3) is 6.08 Å². The van der Waals surface area contributed by atoms with E-state index in [9.17, 15) is 31.9 Å². The topological polar surface area (TPSA) is 105 Å². The number of β-amino-alcohol motifs (C(OH)–C–C–N with tert-alkyl or cyclic N) is 1. The normalized spacial score (nSPS) is 15.4. The molecule has 0 spiro atoms. The molecule has 0 aliphatic carbocycles. The summed E-state index contributed by atoms with van der Waals surface area (Å²) in [6.45, 7) is 0.482. The number of halogens is 5. The van der Waals surface area contributed by atoms with Gasteiger partial charge in [0.25, 0.3) is 0 Å². The van der Waals surface area contributed by atoms with Crippen LogP contribution < -0.4 is 19.7 Å². The number of hydrogen-bond donors (Lipinski definition) is 2. The SMILES string of the molecule is COc1cccc(OC)c1/C=C/C(=O)Nc1ccc(N2CCN(CC(O)(Cn3cncn3)c3ccc(F)cc3F)CC2)c(C(F)(F)F)c1. The Kier molecular flexibility index (Phi) is 10.3. The van der Waals surface area contributed by atoms with Crippen LogP contribution in [-0.2, 0) is 23.1 Å². The van der Waals surface area contributed by atoms with Gasteiger partial charge in [0.2, 0.25) is 5.91 Å². The quantitative estimate of drug-likeness (QED) is 0.170. The van der Waals surface area contributed by atoms with Gasteiger partial charge in [0.1, 0.15) is 41.4 Å². The van der Waals surface area contributed by atoms with Crippen LogP contribution in [0.2, 0.25) is 0 Å². The van der Waals surface area contributed by atoms with E-state index in [-0.39, 0.29) is 56.2 Å². The second-order valence-electron chi connectivity index (χ2n) is 11.1. The Morgan fingerprint density at radius 1 is 0.958 bits per heavy atom. The largest absolute Gasteiger partial charge is 0.496 e. The molecule has 1 aliphatic rings. The predicted molar refractivity (Wildman–Crippen MR) is 168 cm³/mol. The van der Waals surface area contributed by atoms with Crippen LogP contribution in [0.4, 0.5) is 33.3 Å². The Morgan fingerprint density at radius 3 is 2.27 bits per heavy atom. The maximum atomic E-state index is 14.8. The molecule has 2 N–H and O–H groups in total. The standard InChI is InChI=1S/C33H33F5N6O4/c1-47-29-4-3-5-30(48-2)24(29)8-11-31(45)41-23-7-10-28(26(17-23)33(36,37)38)43-14-12-42(13-15-43)18-32(46,19-44-21-39-20-40-44)25-9-6-22(34)16-27(25)35/h3-11,16-17,20-21,46H,12-15,18-19H2,1-2H3,(H,41,45)/b11-8+. The molecular formula is C33H33F5N6O4. The zero-order valence-electron chi connectivity index (χ0n) is 26.0. The Labute approximate surface area is 273 Å². The van der Waals surface area contributed by atoms with Crippen molar-refractivity contribution in [3.63, 3.8) is 0 Å². The van der Waals surface area contributed by atoms with Crippen molar-refractivity contribution < 1.29 is 41.3 Å². The number of hydrogen-bond acceptors (Lipinski definition) is 8. The summed E-state index contributed by atoms with van der Waals surface area (Å²) in [6.07, 6.45) is 0.492. The molecule has 1 aromatic heterocycles. The van der Waals surface area contributed by atoms with Crippen LogP contribution in [0.5, 0.6) is 11.5 Å². The number of aromatic nitrogens is 3. The van der Waals surface area contributed by atoms with E-state index in [0.717, 1.165) is 12.1 Å². The number of anilines is 2. The highest BCUT2D eigenvalue weighted by Gasteiger charge is 2.38. The van der Waals surface area contributed by atoms with E-state index in [1.807, 2.05) is 0 Å². The van der Waals surface area contributed by atoms with Gasteiger partial charge in [-0.2, -0.15) is 18.3 Å². The Bertz CT molecular complexity index is 1740. The summed E-state index contributed by atoms with van der Waals surface area (Å²) in [5, 5.41) is 18.1. The average molecular weight is 673 g/mol. The van der Waals surface area contributed by atoms with Gasteiger partial charge < -0.3 is 24.8 Å². The molecule has 1 aliphatic heterocycles. The molecule has 1 saturated heterocycles. The van der Waals surface area contributed by atoms with Gasteiger partial charge in [-0.15, -0.1) is 0 Å². The summed E-state index contributed by atoms with van der Waals surface area (Å²) in [4.78, 5) is 19.9. The first-order valence-corrected chi connectivity index (χ1v) is 14.8. The van der Waals surface area contributed by atoms with Crippen molar-refractivity contribution in [1.82, 2.24) is 19.7 Å². The van der Waals surface area contributed by atoms with E-state index in [4.69, 9.17) is 9.47 Å². The predicted octanol–water partition coefficient (Wildman–Crippen LogP) is 4.95. The van der Waals surface area contributed by atoms with Gasteiger partial charge in [-0.05, 0) is 42.5 Å². The number of aliphatic hydroxyl groups is 1. The summed E-state index contributed by atoms with van der Waals surface area (Å²) in [7, 11) is 2.92. The second-order valence-corrected chi connectivity index (χ2v) is 11.1. The Balaban J connectivity index is 1.29. The summed E-state index contributed by atoms with van der Waals surface area (Å²) >= 11 is 0. The van der Waals surface area contributed by atoms with Gasteiger partial charge in [-0.3, -0.25) is 9.69 Å².